The van der Waals surface area contributed by atoms with Crippen molar-refractivity contribution in [1.29, 1.82) is 0 Å². The van der Waals surface area contributed by atoms with Crippen LogP contribution in [0.2, 0.25) is 0 Å². The molecule has 26 heavy (non-hydrogen) atoms. The van der Waals surface area contributed by atoms with Gasteiger partial charge in [0.15, 0.2) is 0 Å². The van der Waals surface area contributed by atoms with Crippen LogP contribution >= 0.6 is 0 Å². The number of nitrogens with one attached hydrogen (secondary N) is 2. The summed E-state index contributed by atoms with van der Waals surface area (Å²) in [6, 6.07) is 10.6. The van der Waals surface area contributed by atoms with Gasteiger partial charge in [-0.3, -0.25) is 0 Å². The summed E-state index contributed by atoms with van der Waals surface area (Å²) in [4.78, 5) is 15.0. The van der Waals surface area contributed by atoms with Gasteiger partial charge in [0.2, 0.25) is 0 Å². The standard InChI is InChI=1S/C21H27N5/c1-16-24-20(14-21(25-16)26-12-6-2-3-7-13-26)22-11-10-17-15-23-19-9-5-4-8-18(17)19/h4-5,8-9,14-15,23H,2-3,6-7,10-13H2,1H3,(H,22,24,25). The lowest BCUT2D eigenvalue weighted by Gasteiger charge is -2.22. The number of nitrogens with zero attached hydrogens (tertiary/aromatic N) is 3. The van der Waals surface area contributed by atoms with Gasteiger partial charge in [-0.15, -0.1) is 0 Å². The first kappa shape index (κ1) is 16.9. The molecule has 2 N–H and O–H groups in total. The first-order valence-corrected chi connectivity index (χ1v) is 9.69. The second-order valence-corrected chi connectivity index (χ2v) is 7.10. The highest BCUT2D eigenvalue weighted by atomic mass is 15.2. The molecule has 1 fully saturated rings. The van der Waals surface area contributed by atoms with Gasteiger partial charge in [-0.25, -0.2) is 9.97 Å². The monoisotopic (exact) mass is 349 g/mol. The van der Waals surface area contributed by atoms with Crippen molar-refractivity contribution in [3.8, 4) is 0 Å². The molecule has 3 aromatic rings. The summed E-state index contributed by atoms with van der Waals surface area (Å²) >= 11 is 0. The second-order valence-electron chi connectivity index (χ2n) is 7.10. The van der Waals surface area contributed by atoms with Crippen LogP contribution in [0.1, 0.15) is 37.1 Å². The van der Waals surface area contributed by atoms with E-state index >= 15 is 0 Å². The molecule has 1 aliphatic heterocycles. The number of hydrogen-bond acceptors (Lipinski definition) is 4. The van der Waals surface area contributed by atoms with Crippen LogP contribution in [0, 0.1) is 6.92 Å². The van der Waals surface area contributed by atoms with Crippen molar-refractivity contribution < 1.29 is 0 Å². The first-order chi connectivity index (χ1) is 12.8. The van der Waals surface area contributed by atoms with Crippen LogP contribution in [0.4, 0.5) is 11.6 Å². The van der Waals surface area contributed by atoms with Crippen molar-refractivity contribution in [2.75, 3.05) is 29.9 Å². The summed E-state index contributed by atoms with van der Waals surface area (Å²) in [5.41, 5.74) is 2.54. The van der Waals surface area contributed by atoms with Crippen molar-refractivity contribution in [3.63, 3.8) is 0 Å². The number of para-hydroxylation sites is 1. The second kappa shape index (κ2) is 7.77. The number of rotatable bonds is 5. The summed E-state index contributed by atoms with van der Waals surface area (Å²) in [6.07, 6.45) is 8.25. The fourth-order valence-corrected chi connectivity index (χ4v) is 3.77. The van der Waals surface area contributed by atoms with Gasteiger partial charge >= 0.3 is 0 Å². The minimum absolute atomic E-state index is 0.835. The fraction of sp³-hybridized carbons (Fsp3) is 0.429. The summed E-state index contributed by atoms with van der Waals surface area (Å²) in [5.74, 6) is 2.83. The van der Waals surface area contributed by atoms with Gasteiger partial charge in [0.05, 0.1) is 0 Å². The Morgan fingerprint density at radius 3 is 2.73 bits per heavy atom. The Morgan fingerprint density at radius 2 is 1.88 bits per heavy atom. The first-order valence-electron chi connectivity index (χ1n) is 9.69. The molecule has 0 bridgehead atoms. The average molecular weight is 349 g/mol. The van der Waals surface area contributed by atoms with E-state index in [1.807, 2.05) is 6.92 Å². The van der Waals surface area contributed by atoms with E-state index in [4.69, 9.17) is 0 Å². The molecule has 0 amide bonds. The lowest BCUT2D eigenvalue weighted by atomic mass is 10.1. The van der Waals surface area contributed by atoms with Gasteiger partial charge < -0.3 is 15.2 Å². The number of H-pyrrole nitrogens is 1. The Bertz CT molecular complexity index is 862. The molecule has 1 aromatic carbocycles. The molecule has 3 heterocycles. The highest BCUT2D eigenvalue weighted by Crippen LogP contribution is 2.21. The van der Waals surface area contributed by atoms with Gasteiger partial charge in [0.1, 0.15) is 17.5 Å². The molecule has 136 valence electrons. The Hall–Kier alpha value is -2.56. The summed E-state index contributed by atoms with van der Waals surface area (Å²) in [6.45, 7) is 5.04. The quantitative estimate of drug-likeness (QED) is 0.721. The minimum Gasteiger partial charge on any atom is -0.370 e. The maximum Gasteiger partial charge on any atom is 0.134 e. The third-order valence-corrected chi connectivity index (χ3v) is 5.13. The molecule has 0 radical (unpaired) electrons. The van der Waals surface area contributed by atoms with E-state index in [9.17, 15) is 0 Å². The number of hydrogen-bond donors (Lipinski definition) is 2. The smallest absolute Gasteiger partial charge is 0.134 e. The van der Waals surface area contributed by atoms with Crippen LogP contribution in [-0.2, 0) is 6.42 Å². The van der Waals surface area contributed by atoms with E-state index in [1.54, 1.807) is 0 Å². The van der Waals surface area contributed by atoms with E-state index < -0.39 is 0 Å². The van der Waals surface area contributed by atoms with Crippen molar-refractivity contribution in [3.05, 3.63) is 47.9 Å². The van der Waals surface area contributed by atoms with Crippen molar-refractivity contribution in [1.82, 2.24) is 15.0 Å². The molecule has 0 spiro atoms. The van der Waals surface area contributed by atoms with Crippen molar-refractivity contribution in [2.24, 2.45) is 0 Å². The largest absolute Gasteiger partial charge is 0.370 e. The van der Waals surface area contributed by atoms with Crippen LogP contribution in [-0.4, -0.2) is 34.6 Å². The molecule has 0 saturated carbocycles. The molecule has 5 nitrogen and oxygen atoms in total. The number of aromatic amines is 1. The molecule has 5 heteroatoms. The van der Waals surface area contributed by atoms with Crippen LogP contribution in [0.3, 0.4) is 0 Å². The van der Waals surface area contributed by atoms with Crippen LogP contribution in [0.5, 0.6) is 0 Å². The number of aromatic nitrogens is 3. The SMILES string of the molecule is Cc1nc(NCCc2c[nH]c3ccccc23)cc(N2CCCCCC2)n1. The predicted molar refractivity (Wildman–Crippen MR) is 108 cm³/mol. The summed E-state index contributed by atoms with van der Waals surface area (Å²) < 4.78 is 0. The van der Waals surface area contributed by atoms with E-state index in [2.05, 4.69) is 61.7 Å². The number of anilines is 2. The minimum atomic E-state index is 0.835. The lowest BCUT2D eigenvalue weighted by molar-refractivity contribution is 0.726. The normalized spacial score (nSPS) is 15.2. The average Bonchev–Trinajstić information content (AvgIpc) is 2.87. The van der Waals surface area contributed by atoms with Crippen molar-refractivity contribution in [2.45, 2.75) is 39.0 Å². The number of fused-ring (bicyclic) bond motifs is 1. The third kappa shape index (κ3) is 3.82. The van der Waals surface area contributed by atoms with E-state index in [0.717, 1.165) is 43.5 Å². The Morgan fingerprint density at radius 1 is 1.08 bits per heavy atom. The molecule has 1 aliphatic rings. The fourth-order valence-electron chi connectivity index (χ4n) is 3.77. The van der Waals surface area contributed by atoms with Gasteiger partial charge in [-0.1, -0.05) is 31.0 Å². The van der Waals surface area contributed by atoms with E-state index in [1.165, 1.54) is 42.1 Å². The molecule has 0 aliphatic carbocycles. The van der Waals surface area contributed by atoms with Crippen LogP contribution in [0.15, 0.2) is 36.5 Å². The third-order valence-electron chi connectivity index (χ3n) is 5.13. The number of aryl methyl sites for hydroxylation is 1. The molecule has 4 rings (SSSR count). The highest BCUT2D eigenvalue weighted by molar-refractivity contribution is 5.83. The lowest BCUT2D eigenvalue weighted by Crippen LogP contribution is -2.25. The zero-order valence-electron chi connectivity index (χ0n) is 15.5. The Labute approximate surface area is 154 Å². The summed E-state index contributed by atoms with van der Waals surface area (Å²) in [7, 11) is 0. The molecular formula is C21H27N5. The zero-order chi connectivity index (χ0) is 17.8. The molecule has 2 aromatic heterocycles. The Balaban J connectivity index is 1.43. The predicted octanol–water partition coefficient (Wildman–Crippen LogP) is 4.30. The van der Waals surface area contributed by atoms with E-state index in [-0.39, 0.29) is 0 Å². The molecule has 0 atom stereocenters. The van der Waals surface area contributed by atoms with Crippen molar-refractivity contribution >= 4 is 22.5 Å². The topological polar surface area (TPSA) is 56.8 Å². The van der Waals surface area contributed by atoms with E-state index in [0.29, 0.717) is 0 Å². The highest BCUT2D eigenvalue weighted by Gasteiger charge is 2.13. The zero-order valence-corrected chi connectivity index (χ0v) is 15.5. The van der Waals surface area contributed by atoms with Crippen LogP contribution < -0.4 is 10.2 Å². The van der Waals surface area contributed by atoms with Gasteiger partial charge in [-0.2, -0.15) is 0 Å². The van der Waals surface area contributed by atoms with Gasteiger partial charge in [0.25, 0.3) is 0 Å². The molecule has 0 unspecified atom stereocenters. The maximum absolute atomic E-state index is 4.67. The van der Waals surface area contributed by atoms with Gasteiger partial charge in [0, 0.05) is 42.8 Å². The van der Waals surface area contributed by atoms with Gasteiger partial charge in [-0.05, 0) is 37.8 Å². The molecular weight excluding hydrogens is 322 g/mol. The number of benzene rings is 1. The Kier molecular flexibility index (Phi) is 5.04. The molecule has 1 saturated heterocycles. The van der Waals surface area contributed by atoms with Crippen LogP contribution in [0.25, 0.3) is 10.9 Å². The summed E-state index contributed by atoms with van der Waals surface area (Å²) in [5, 5.41) is 4.80. The maximum atomic E-state index is 4.67.